The fourth-order valence-electron chi connectivity index (χ4n) is 2.40. The van der Waals surface area contributed by atoms with Crippen LogP contribution in [0.25, 0.3) is 0 Å². The van der Waals surface area contributed by atoms with Crippen LogP contribution in [0.1, 0.15) is 18.9 Å². The minimum Gasteiger partial charge on any atom is -0.299 e. The van der Waals surface area contributed by atoms with Crippen molar-refractivity contribution in [2.75, 3.05) is 19.6 Å². The van der Waals surface area contributed by atoms with E-state index in [4.69, 9.17) is 0 Å². The molecule has 0 aromatic heterocycles. The van der Waals surface area contributed by atoms with E-state index in [1.165, 1.54) is 6.07 Å². The molecule has 102 valence electrons. The summed E-state index contributed by atoms with van der Waals surface area (Å²) in [5, 5.41) is 0. The second kappa shape index (κ2) is 6.06. The average Bonchev–Trinajstić information content (AvgIpc) is 2.37. The first kappa shape index (κ1) is 13.9. The van der Waals surface area contributed by atoms with Gasteiger partial charge in [-0.2, -0.15) is 0 Å². The summed E-state index contributed by atoms with van der Waals surface area (Å²) in [5.74, 6) is -0.0856. The lowest BCUT2D eigenvalue weighted by molar-refractivity contribution is -0.128. The standard InChI is InChI=1S/C15H18FNO2/c1-11-9-17(7-6-15(11)19)10-13(18)8-12-4-2-3-5-14(12)16/h2-5,11H,6-10H2,1H3. The largest absolute Gasteiger partial charge is 0.299 e. The van der Waals surface area contributed by atoms with Crippen molar-refractivity contribution in [3.05, 3.63) is 35.6 Å². The van der Waals surface area contributed by atoms with Crippen LogP contribution in [0.15, 0.2) is 24.3 Å². The summed E-state index contributed by atoms with van der Waals surface area (Å²) in [6.07, 6.45) is 0.625. The number of ketones is 2. The molecule has 1 fully saturated rings. The van der Waals surface area contributed by atoms with Crippen molar-refractivity contribution >= 4 is 11.6 Å². The predicted molar refractivity (Wildman–Crippen MR) is 70.3 cm³/mol. The number of nitrogens with zero attached hydrogens (tertiary/aromatic N) is 1. The third kappa shape index (κ3) is 3.70. The molecule has 0 radical (unpaired) electrons. The van der Waals surface area contributed by atoms with Crippen LogP contribution in [0.3, 0.4) is 0 Å². The topological polar surface area (TPSA) is 37.4 Å². The lowest BCUT2D eigenvalue weighted by atomic mass is 9.98. The second-order valence-electron chi connectivity index (χ2n) is 5.16. The minimum absolute atomic E-state index is 0.00462. The molecular formula is C15H18FNO2. The van der Waals surface area contributed by atoms with Crippen molar-refractivity contribution in [2.45, 2.75) is 19.8 Å². The summed E-state index contributed by atoms with van der Waals surface area (Å²) in [4.78, 5) is 25.3. The van der Waals surface area contributed by atoms with Gasteiger partial charge in [0, 0.05) is 31.8 Å². The highest BCUT2D eigenvalue weighted by Crippen LogP contribution is 2.13. The number of carbonyl (C=O) groups excluding carboxylic acids is 2. The quantitative estimate of drug-likeness (QED) is 0.832. The molecule has 1 aliphatic heterocycles. The van der Waals surface area contributed by atoms with E-state index in [1.807, 2.05) is 11.8 Å². The van der Waals surface area contributed by atoms with Gasteiger partial charge in [0.05, 0.1) is 6.54 Å². The van der Waals surface area contributed by atoms with Gasteiger partial charge in [0.2, 0.25) is 0 Å². The van der Waals surface area contributed by atoms with Crippen LogP contribution >= 0.6 is 0 Å². The zero-order chi connectivity index (χ0) is 13.8. The number of hydrogen-bond donors (Lipinski definition) is 0. The fraction of sp³-hybridized carbons (Fsp3) is 0.467. The Morgan fingerprint density at radius 1 is 1.42 bits per heavy atom. The monoisotopic (exact) mass is 263 g/mol. The summed E-state index contributed by atoms with van der Waals surface area (Å²) in [5.41, 5.74) is 0.439. The molecular weight excluding hydrogens is 245 g/mol. The number of rotatable bonds is 4. The van der Waals surface area contributed by atoms with Crippen LogP contribution in [0.5, 0.6) is 0 Å². The van der Waals surface area contributed by atoms with Gasteiger partial charge >= 0.3 is 0 Å². The minimum atomic E-state index is -0.335. The number of carbonyl (C=O) groups is 2. The molecule has 1 atom stereocenters. The Bertz CT molecular complexity index is 487. The molecule has 0 N–H and O–H groups in total. The third-order valence-electron chi connectivity index (χ3n) is 3.50. The SMILES string of the molecule is CC1CN(CC(=O)Cc2ccccc2F)CCC1=O. The van der Waals surface area contributed by atoms with E-state index in [2.05, 4.69) is 0 Å². The average molecular weight is 263 g/mol. The molecule has 0 spiro atoms. The van der Waals surface area contributed by atoms with Gasteiger partial charge in [0.1, 0.15) is 11.6 Å². The molecule has 3 nitrogen and oxygen atoms in total. The smallest absolute Gasteiger partial charge is 0.151 e. The highest BCUT2D eigenvalue weighted by atomic mass is 19.1. The number of likely N-dealkylation sites (tertiary alicyclic amines) is 1. The van der Waals surface area contributed by atoms with Crippen LogP contribution < -0.4 is 0 Å². The molecule has 1 unspecified atom stereocenters. The van der Waals surface area contributed by atoms with Crippen molar-refractivity contribution in [3.8, 4) is 0 Å². The van der Waals surface area contributed by atoms with Crippen LogP contribution in [0.2, 0.25) is 0 Å². The van der Waals surface area contributed by atoms with Crippen molar-refractivity contribution in [1.29, 1.82) is 0 Å². The zero-order valence-electron chi connectivity index (χ0n) is 11.1. The lowest BCUT2D eigenvalue weighted by Gasteiger charge is -2.29. The van der Waals surface area contributed by atoms with Gasteiger partial charge in [0.25, 0.3) is 0 Å². The van der Waals surface area contributed by atoms with Crippen molar-refractivity contribution in [3.63, 3.8) is 0 Å². The molecule has 1 saturated heterocycles. The lowest BCUT2D eigenvalue weighted by Crippen LogP contribution is -2.42. The maximum absolute atomic E-state index is 13.4. The predicted octanol–water partition coefficient (Wildman–Crippen LogP) is 1.85. The summed E-state index contributed by atoms with van der Waals surface area (Å²) in [6, 6.07) is 6.34. The highest BCUT2D eigenvalue weighted by Gasteiger charge is 2.24. The number of piperidine rings is 1. The van der Waals surface area contributed by atoms with Crippen LogP contribution in [0.4, 0.5) is 4.39 Å². The first-order chi connectivity index (χ1) is 9.06. The number of hydrogen-bond acceptors (Lipinski definition) is 3. The maximum Gasteiger partial charge on any atom is 0.151 e. The first-order valence-electron chi connectivity index (χ1n) is 6.56. The van der Waals surface area contributed by atoms with E-state index in [0.717, 1.165) is 0 Å². The molecule has 0 bridgehead atoms. The normalized spacial score (nSPS) is 20.5. The van der Waals surface area contributed by atoms with E-state index < -0.39 is 0 Å². The summed E-state index contributed by atoms with van der Waals surface area (Å²) < 4.78 is 13.4. The molecule has 0 amide bonds. The molecule has 4 heteroatoms. The van der Waals surface area contributed by atoms with Gasteiger partial charge in [-0.3, -0.25) is 14.5 Å². The van der Waals surface area contributed by atoms with E-state index >= 15 is 0 Å². The Morgan fingerprint density at radius 3 is 2.84 bits per heavy atom. The van der Waals surface area contributed by atoms with Crippen molar-refractivity contribution in [1.82, 2.24) is 4.90 Å². The van der Waals surface area contributed by atoms with Gasteiger partial charge in [-0.25, -0.2) is 4.39 Å². The van der Waals surface area contributed by atoms with Crippen molar-refractivity contribution < 1.29 is 14.0 Å². The third-order valence-corrected chi connectivity index (χ3v) is 3.50. The molecule has 1 heterocycles. The Balaban J connectivity index is 1.88. The summed E-state index contributed by atoms with van der Waals surface area (Å²) in [6.45, 7) is 3.44. The Morgan fingerprint density at radius 2 is 2.16 bits per heavy atom. The number of benzene rings is 1. The molecule has 1 aliphatic rings. The van der Waals surface area contributed by atoms with Gasteiger partial charge in [-0.05, 0) is 11.6 Å². The van der Waals surface area contributed by atoms with Crippen LogP contribution in [0, 0.1) is 11.7 Å². The van der Waals surface area contributed by atoms with Crippen LogP contribution in [-0.2, 0) is 16.0 Å². The van der Waals surface area contributed by atoms with Gasteiger partial charge < -0.3 is 0 Å². The molecule has 2 rings (SSSR count). The Kier molecular flexibility index (Phi) is 4.43. The summed E-state index contributed by atoms with van der Waals surface area (Å²) >= 11 is 0. The molecule has 0 aliphatic carbocycles. The van der Waals surface area contributed by atoms with Gasteiger partial charge in [-0.1, -0.05) is 25.1 Å². The zero-order valence-corrected chi connectivity index (χ0v) is 11.1. The fourth-order valence-corrected chi connectivity index (χ4v) is 2.40. The molecule has 1 aromatic rings. The van der Waals surface area contributed by atoms with Gasteiger partial charge in [0.15, 0.2) is 5.78 Å². The molecule has 0 saturated carbocycles. The summed E-state index contributed by atoms with van der Waals surface area (Å²) in [7, 11) is 0. The Hall–Kier alpha value is -1.55. The molecule has 19 heavy (non-hydrogen) atoms. The highest BCUT2D eigenvalue weighted by molar-refractivity contribution is 5.84. The maximum atomic E-state index is 13.4. The van der Waals surface area contributed by atoms with Gasteiger partial charge in [-0.15, -0.1) is 0 Å². The Labute approximate surface area is 112 Å². The van der Waals surface area contributed by atoms with Crippen LogP contribution in [-0.4, -0.2) is 36.1 Å². The van der Waals surface area contributed by atoms with E-state index in [1.54, 1.807) is 18.2 Å². The second-order valence-corrected chi connectivity index (χ2v) is 5.16. The number of Topliss-reactive ketones (excluding diaryl/α,β-unsaturated/α-hetero) is 2. The van der Waals surface area contributed by atoms with E-state index in [-0.39, 0.29) is 29.7 Å². The molecule has 1 aromatic carbocycles. The van der Waals surface area contributed by atoms with E-state index in [9.17, 15) is 14.0 Å². The number of halogens is 1. The first-order valence-corrected chi connectivity index (χ1v) is 6.56. The van der Waals surface area contributed by atoms with E-state index in [0.29, 0.717) is 31.6 Å². The van der Waals surface area contributed by atoms with Crippen molar-refractivity contribution in [2.24, 2.45) is 5.92 Å².